The quantitative estimate of drug-likeness (QED) is 0.230. The fraction of sp³-hybridized carbons (Fsp3) is 0.0256. The molecule has 9 rings (SSSR count). The third-order valence-corrected chi connectivity index (χ3v) is 8.35. The minimum atomic E-state index is -0.321. The number of benzene rings is 6. The maximum atomic E-state index is 6.38. The number of nitrogens with one attached hydrogen (secondary N) is 1. The number of nitrogens with zero attached hydrogens (tertiary/aromatic N) is 2. The molecular weight excluding hydrogens is 542 g/mol. The Kier molecular flexibility index (Phi) is 5.50. The van der Waals surface area contributed by atoms with Gasteiger partial charge in [-0.25, -0.2) is 9.98 Å². The van der Waals surface area contributed by atoms with Crippen LogP contribution in [0.2, 0.25) is 0 Å². The van der Waals surface area contributed by atoms with Gasteiger partial charge in [-0.05, 0) is 53.1 Å². The van der Waals surface area contributed by atoms with Crippen LogP contribution in [0.1, 0.15) is 22.9 Å². The van der Waals surface area contributed by atoms with Gasteiger partial charge in [0.05, 0.1) is 5.56 Å². The zero-order valence-electron chi connectivity index (χ0n) is 23.6. The summed E-state index contributed by atoms with van der Waals surface area (Å²) in [7, 11) is 0. The molecule has 1 aliphatic heterocycles. The van der Waals surface area contributed by atoms with Gasteiger partial charge >= 0.3 is 0 Å². The average molecular weight is 568 g/mol. The summed E-state index contributed by atoms with van der Waals surface area (Å²) in [5, 5.41) is 7.87. The lowest BCUT2D eigenvalue weighted by atomic mass is 10.0. The summed E-state index contributed by atoms with van der Waals surface area (Å²) >= 11 is 0. The fourth-order valence-electron chi connectivity index (χ4n) is 6.18. The molecule has 5 nitrogen and oxygen atoms in total. The summed E-state index contributed by atoms with van der Waals surface area (Å²) in [4.78, 5) is 10.2. The van der Waals surface area contributed by atoms with Crippen molar-refractivity contribution in [2.24, 2.45) is 9.98 Å². The van der Waals surface area contributed by atoms with Crippen molar-refractivity contribution in [1.29, 1.82) is 0 Å². The first-order chi connectivity index (χ1) is 21.8. The van der Waals surface area contributed by atoms with E-state index in [4.69, 9.17) is 18.8 Å². The first-order valence-electron chi connectivity index (χ1n) is 14.7. The van der Waals surface area contributed by atoms with Crippen molar-refractivity contribution in [1.82, 2.24) is 5.32 Å². The van der Waals surface area contributed by atoms with E-state index in [1.165, 1.54) is 5.56 Å². The Hall–Kier alpha value is -5.94. The summed E-state index contributed by atoms with van der Waals surface area (Å²) < 4.78 is 12.7. The van der Waals surface area contributed by atoms with Crippen molar-refractivity contribution in [2.45, 2.75) is 6.17 Å². The van der Waals surface area contributed by atoms with E-state index in [2.05, 4.69) is 90.2 Å². The van der Waals surface area contributed by atoms with E-state index in [-0.39, 0.29) is 6.17 Å². The van der Waals surface area contributed by atoms with Crippen molar-refractivity contribution < 1.29 is 8.83 Å². The van der Waals surface area contributed by atoms with Crippen LogP contribution >= 0.6 is 0 Å². The van der Waals surface area contributed by atoms with E-state index in [1.807, 2.05) is 54.6 Å². The topological polar surface area (TPSA) is 63.0 Å². The van der Waals surface area contributed by atoms with Gasteiger partial charge in [-0.2, -0.15) is 0 Å². The second kappa shape index (κ2) is 9.82. The van der Waals surface area contributed by atoms with Gasteiger partial charge < -0.3 is 14.2 Å². The molecule has 1 aliphatic rings. The number of hydrogen-bond donors (Lipinski definition) is 1. The highest BCUT2D eigenvalue weighted by Crippen LogP contribution is 2.35. The van der Waals surface area contributed by atoms with Crippen LogP contribution in [-0.4, -0.2) is 11.7 Å². The highest BCUT2D eigenvalue weighted by molar-refractivity contribution is 6.20. The Balaban J connectivity index is 1.19. The fourth-order valence-corrected chi connectivity index (χ4v) is 6.18. The Bertz CT molecular complexity index is 2420. The predicted molar refractivity (Wildman–Crippen MR) is 178 cm³/mol. The number of para-hydroxylation sites is 2. The van der Waals surface area contributed by atoms with E-state index in [0.717, 1.165) is 66.1 Å². The molecule has 0 saturated heterocycles. The van der Waals surface area contributed by atoms with E-state index >= 15 is 0 Å². The monoisotopic (exact) mass is 567 g/mol. The molecule has 0 saturated carbocycles. The third-order valence-electron chi connectivity index (χ3n) is 8.35. The van der Waals surface area contributed by atoms with Crippen LogP contribution in [0.5, 0.6) is 0 Å². The Morgan fingerprint density at radius 3 is 2.11 bits per heavy atom. The van der Waals surface area contributed by atoms with Crippen molar-refractivity contribution in [3.63, 3.8) is 0 Å². The largest absolute Gasteiger partial charge is 0.456 e. The molecule has 0 amide bonds. The molecule has 1 N–H and O–H groups in total. The zero-order chi connectivity index (χ0) is 29.0. The summed E-state index contributed by atoms with van der Waals surface area (Å²) in [5.74, 6) is 1.35. The number of amidine groups is 2. The van der Waals surface area contributed by atoms with Crippen LogP contribution in [0.25, 0.3) is 55.0 Å². The maximum absolute atomic E-state index is 6.38. The first kappa shape index (κ1) is 24.6. The normalized spacial score (nSPS) is 15.0. The molecule has 5 heteroatoms. The Labute approximate surface area is 252 Å². The van der Waals surface area contributed by atoms with Crippen LogP contribution in [-0.2, 0) is 0 Å². The Morgan fingerprint density at radius 2 is 1.23 bits per heavy atom. The molecule has 3 heterocycles. The molecule has 6 aromatic carbocycles. The zero-order valence-corrected chi connectivity index (χ0v) is 23.6. The van der Waals surface area contributed by atoms with Gasteiger partial charge in [0.1, 0.15) is 34.3 Å². The maximum Gasteiger partial charge on any atom is 0.159 e. The molecule has 0 bridgehead atoms. The summed E-state index contributed by atoms with van der Waals surface area (Å²) in [6.07, 6.45) is -0.321. The lowest BCUT2D eigenvalue weighted by molar-refractivity contribution is 0.659. The molecule has 0 aliphatic carbocycles. The first-order valence-corrected chi connectivity index (χ1v) is 14.7. The number of furan rings is 2. The predicted octanol–water partition coefficient (Wildman–Crippen LogP) is 9.65. The summed E-state index contributed by atoms with van der Waals surface area (Å²) in [5.41, 5.74) is 8.48. The van der Waals surface area contributed by atoms with Gasteiger partial charge in [0.25, 0.3) is 0 Å². The highest BCUT2D eigenvalue weighted by Gasteiger charge is 2.24. The van der Waals surface area contributed by atoms with Crippen LogP contribution in [0.3, 0.4) is 0 Å². The Morgan fingerprint density at radius 1 is 0.500 bits per heavy atom. The molecular formula is C39H25N3O2. The third kappa shape index (κ3) is 4.02. The van der Waals surface area contributed by atoms with Crippen LogP contribution < -0.4 is 5.32 Å². The van der Waals surface area contributed by atoms with Crippen molar-refractivity contribution in [3.8, 4) is 11.1 Å². The van der Waals surface area contributed by atoms with Gasteiger partial charge in [0, 0.05) is 27.1 Å². The van der Waals surface area contributed by atoms with Crippen molar-refractivity contribution in [3.05, 3.63) is 156 Å². The van der Waals surface area contributed by atoms with Gasteiger partial charge in [0.15, 0.2) is 5.84 Å². The van der Waals surface area contributed by atoms with Gasteiger partial charge in [0.2, 0.25) is 0 Å². The minimum Gasteiger partial charge on any atom is -0.456 e. The molecule has 0 radical (unpaired) electrons. The van der Waals surface area contributed by atoms with Gasteiger partial charge in [-0.15, -0.1) is 0 Å². The molecule has 0 fully saturated rings. The van der Waals surface area contributed by atoms with Crippen LogP contribution in [0.15, 0.2) is 158 Å². The SMILES string of the molecule is c1ccc(-c2ccc3oc4cc(C5=NC(c6ccccc6)NC(c6cccc7c6oc6ccccc67)=N5)ccc4c3c2)cc1. The lowest BCUT2D eigenvalue weighted by Gasteiger charge is -2.23. The molecule has 208 valence electrons. The number of hydrogen-bond acceptors (Lipinski definition) is 5. The average Bonchev–Trinajstić information content (AvgIpc) is 3.66. The second-order valence-corrected chi connectivity index (χ2v) is 11.0. The smallest absolute Gasteiger partial charge is 0.159 e. The van der Waals surface area contributed by atoms with Crippen LogP contribution in [0.4, 0.5) is 0 Å². The number of fused-ring (bicyclic) bond motifs is 6. The molecule has 8 aromatic rings. The van der Waals surface area contributed by atoms with Crippen molar-refractivity contribution in [2.75, 3.05) is 0 Å². The lowest BCUT2D eigenvalue weighted by Crippen LogP contribution is -2.33. The highest BCUT2D eigenvalue weighted by atomic mass is 16.3. The van der Waals surface area contributed by atoms with E-state index in [0.29, 0.717) is 11.7 Å². The van der Waals surface area contributed by atoms with Crippen molar-refractivity contribution >= 4 is 55.5 Å². The van der Waals surface area contributed by atoms with Gasteiger partial charge in [-0.1, -0.05) is 103 Å². The second-order valence-electron chi connectivity index (χ2n) is 11.0. The number of aliphatic imine (C=N–C) groups is 2. The summed E-state index contributed by atoms with van der Waals surface area (Å²) in [6.45, 7) is 0. The van der Waals surface area contributed by atoms with Gasteiger partial charge in [-0.3, -0.25) is 0 Å². The molecule has 2 aromatic heterocycles. The van der Waals surface area contributed by atoms with E-state index in [1.54, 1.807) is 0 Å². The van der Waals surface area contributed by atoms with Crippen LogP contribution in [0, 0.1) is 0 Å². The molecule has 0 spiro atoms. The molecule has 44 heavy (non-hydrogen) atoms. The minimum absolute atomic E-state index is 0.321. The molecule has 1 unspecified atom stereocenters. The standard InChI is InChI=1S/C39H25N3O2/c1-3-10-24(11-4-1)26-19-21-34-32(22-26)29-20-18-27(23-35(29)43-34)38-40-37(25-12-5-2-6-13-25)41-39(42-38)31-16-9-15-30-28-14-7-8-17-33(28)44-36(30)31/h1-23,37H,(H,40,41,42). The number of rotatable bonds is 4. The molecule has 1 atom stereocenters. The summed E-state index contributed by atoms with van der Waals surface area (Å²) in [6, 6.07) is 47.6. The van der Waals surface area contributed by atoms with E-state index < -0.39 is 0 Å². The van der Waals surface area contributed by atoms with E-state index in [9.17, 15) is 0 Å².